The molecule has 156 valence electrons. The summed E-state index contributed by atoms with van der Waals surface area (Å²) in [5.74, 6) is 0.102. The topological polar surface area (TPSA) is 99.8 Å². The lowest BCUT2D eigenvalue weighted by atomic mass is 10.0. The highest BCUT2D eigenvalue weighted by Crippen LogP contribution is 2.36. The first-order chi connectivity index (χ1) is 15.2. The minimum absolute atomic E-state index is 0.178. The van der Waals surface area contributed by atoms with E-state index < -0.39 is 12.0 Å². The molecule has 0 spiro atoms. The summed E-state index contributed by atoms with van der Waals surface area (Å²) in [6, 6.07) is 13.3. The van der Waals surface area contributed by atoms with Crippen molar-refractivity contribution in [1.82, 2.24) is 30.0 Å². The van der Waals surface area contributed by atoms with Crippen molar-refractivity contribution in [2.45, 2.75) is 26.1 Å². The van der Waals surface area contributed by atoms with E-state index in [-0.39, 0.29) is 6.61 Å². The number of benzene rings is 1. The fraction of sp³-hybridized carbons (Fsp3) is 0.190. The Balaban J connectivity index is 1.31. The SMILES string of the molecule is CC1=C(C(=O)OCc2ccc(Cn3cccn3)cc2)C(c2cccs2)n2nnnc2N1. The summed E-state index contributed by atoms with van der Waals surface area (Å²) in [6.45, 7) is 2.71. The third kappa shape index (κ3) is 3.84. The molecule has 4 heterocycles. The van der Waals surface area contributed by atoms with Crippen molar-refractivity contribution in [3.63, 3.8) is 0 Å². The van der Waals surface area contributed by atoms with Crippen LogP contribution in [-0.2, 0) is 22.7 Å². The molecule has 4 aromatic rings. The van der Waals surface area contributed by atoms with Gasteiger partial charge < -0.3 is 10.1 Å². The smallest absolute Gasteiger partial charge is 0.338 e. The van der Waals surface area contributed by atoms with Gasteiger partial charge in [-0.1, -0.05) is 35.4 Å². The van der Waals surface area contributed by atoms with Crippen molar-refractivity contribution in [2.75, 3.05) is 5.32 Å². The van der Waals surface area contributed by atoms with Crippen LogP contribution in [0.4, 0.5) is 5.95 Å². The lowest BCUT2D eigenvalue weighted by Gasteiger charge is -2.26. The predicted molar refractivity (Wildman–Crippen MR) is 114 cm³/mol. The molecular formula is C21H19N7O2S. The number of esters is 1. The van der Waals surface area contributed by atoms with Crippen molar-refractivity contribution in [3.05, 3.63) is 87.5 Å². The second kappa shape index (κ2) is 8.15. The Morgan fingerprint density at radius 1 is 1.19 bits per heavy atom. The molecule has 1 aliphatic heterocycles. The Kier molecular flexibility index (Phi) is 5.04. The van der Waals surface area contributed by atoms with Gasteiger partial charge in [0.2, 0.25) is 5.95 Å². The maximum Gasteiger partial charge on any atom is 0.338 e. The maximum atomic E-state index is 13.1. The van der Waals surface area contributed by atoms with E-state index in [1.165, 1.54) is 0 Å². The zero-order valence-corrected chi connectivity index (χ0v) is 17.5. The molecule has 0 radical (unpaired) electrons. The monoisotopic (exact) mass is 433 g/mol. The van der Waals surface area contributed by atoms with Crippen LogP contribution in [0.25, 0.3) is 0 Å². The number of rotatable bonds is 6. The number of hydrogen-bond acceptors (Lipinski definition) is 8. The van der Waals surface area contributed by atoms with Gasteiger partial charge in [-0.2, -0.15) is 9.78 Å². The first kappa shape index (κ1) is 19.2. The van der Waals surface area contributed by atoms with Crippen LogP contribution >= 0.6 is 11.3 Å². The first-order valence-electron chi connectivity index (χ1n) is 9.70. The molecule has 0 saturated carbocycles. The van der Waals surface area contributed by atoms with Gasteiger partial charge >= 0.3 is 5.97 Å². The molecule has 0 bridgehead atoms. The van der Waals surface area contributed by atoms with Crippen LogP contribution in [0.15, 0.2) is 71.5 Å². The van der Waals surface area contributed by atoms with Crippen LogP contribution in [0.5, 0.6) is 0 Å². The van der Waals surface area contributed by atoms with E-state index in [1.807, 2.05) is 65.6 Å². The van der Waals surface area contributed by atoms with Crippen LogP contribution in [0.2, 0.25) is 0 Å². The van der Waals surface area contributed by atoms with E-state index in [0.717, 1.165) is 16.0 Å². The third-order valence-electron chi connectivity index (χ3n) is 5.04. The highest BCUT2D eigenvalue weighted by atomic mass is 32.1. The molecular weight excluding hydrogens is 414 g/mol. The molecule has 31 heavy (non-hydrogen) atoms. The largest absolute Gasteiger partial charge is 0.457 e. The van der Waals surface area contributed by atoms with E-state index >= 15 is 0 Å². The number of hydrogen-bond donors (Lipinski definition) is 1. The number of ether oxygens (including phenoxy) is 1. The summed E-state index contributed by atoms with van der Waals surface area (Å²) in [4.78, 5) is 14.1. The molecule has 9 nitrogen and oxygen atoms in total. The minimum Gasteiger partial charge on any atom is -0.457 e. The molecule has 3 aromatic heterocycles. The Hall–Kier alpha value is -3.79. The number of thiophene rings is 1. The molecule has 1 atom stereocenters. The van der Waals surface area contributed by atoms with Gasteiger partial charge in [-0.25, -0.2) is 4.79 Å². The van der Waals surface area contributed by atoms with Crippen molar-refractivity contribution in [1.29, 1.82) is 0 Å². The molecule has 1 aromatic carbocycles. The third-order valence-corrected chi connectivity index (χ3v) is 5.97. The van der Waals surface area contributed by atoms with Gasteiger partial charge in [0.05, 0.1) is 12.1 Å². The second-order valence-corrected chi connectivity index (χ2v) is 8.10. The quantitative estimate of drug-likeness (QED) is 0.467. The first-order valence-corrected chi connectivity index (χ1v) is 10.6. The average Bonchev–Trinajstić information content (AvgIpc) is 3.54. The Labute approximate surface area is 182 Å². The Morgan fingerprint density at radius 2 is 2.03 bits per heavy atom. The van der Waals surface area contributed by atoms with Gasteiger partial charge in [0.25, 0.3) is 0 Å². The molecule has 0 aliphatic carbocycles. The Morgan fingerprint density at radius 3 is 2.77 bits per heavy atom. The number of nitrogens with zero attached hydrogens (tertiary/aromatic N) is 6. The molecule has 0 saturated heterocycles. The molecule has 0 fully saturated rings. The van der Waals surface area contributed by atoms with Gasteiger partial charge in [0.1, 0.15) is 12.6 Å². The Bertz CT molecular complexity index is 1210. The van der Waals surface area contributed by atoms with Gasteiger partial charge in [-0.15, -0.1) is 11.3 Å². The number of allylic oxidation sites excluding steroid dienone is 1. The zero-order chi connectivity index (χ0) is 21.2. The number of carbonyl (C=O) groups excluding carboxylic acids is 1. The summed E-state index contributed by atoms with van der Waals surface area (Å²) in [5, 5.41) is 21.1. The van der Waals surface area contributed by atoms with Crippen LogP contribution in [-0.4, -0.2) is 36.0 Å². The number of anilines is 1. The number of nitrogens with one attached hydrogen (secondary N) is 1. The van der Waals surface area contributed by atoms with Gasteiger partial charge in [-0.05, 0) is 46.0 Å². The van der Waals surface area contributed by atoms with E-state index in [4.69, 9.17) is 4.74 Å². The molecule has 0 amide bonds. The highest BCUT2D eigenvalue weighted by molar-refractivity contribution is 7.10. The van der Waals surface area contributed by atoms with Crippen LogP contribution in [0.3, 0.4) is 0 Å². The van der Waals surface area contributed by atoms with E-state index in [1.54, 1.807) is 22.2 Å². The fourth-order valence-corrected chi connectivity index (χ4v) is 4.35. The van der Waals surface area contributed by atoms with Crippen LogP contribution in [0.1, 0.15) is 29.0 Å². The van der Waals surface area contributed by atoms with Gasteiger partial charge in [-0.3, -0.25) is 4.68 Å². The van der Waals surface area contributed by atoms with Crippen molar-refractivity contribution >= 4 is 23.3 Å². The molecule has 1 aliphatic rings. The van der Waals surface area contributed by atoms with Crippen molar-refractivity contribution in [3.8, 4) is 0 Å². The maximum absolute atomic E-state index is 13.1. The van der Waals surface area contributed by atoms with E-state index in [0.29, 0.717) is 23.8 Å². The standard InChI is InChI=1S/C21H19N7O2S/c1-14-18(19(17-4-2-11-31-17)28-21(23-14)24-25-26-28)20(29)30-13-16-7-5-15(6-8-16)12-27-10-3-9-22-27/h2-11,19H,12-13H2,1H3,(H,23,24,26). The normalized spacial score (nSPS) is 15.5. The number of aromatic nitrogens is 6. The number of tetrazole rings is 1. The lowest BCUT2D eigenvalue weighted by molar-refractivity contribution is -0.140. The minimum atomic E-state index is -0.421. The van der Waals surface area contributed by atoms with Gasteiger partial charge in [0, 0.05) is 23.0 Å². The number of carbonyl (C=O) groups is 1. The predicted octanol–water partition coefficient (Wildman–Crippen LogP) is 3.01. The van der Waals surface area contributed by atoms with Crippen LogP contribution in [0, 0.1) is 0 Å². The highest BCUT2D eigenvalue weighted by Gasteiger charge is 2.35. The summed E-state index contributed by atoms with van der Waals surface area (Å²) in [6.07, 6.45) is 3.68. The lowest BCUT2D eigenvalue weighted by Crippen LogP contribution is -2.29. The molecule has 1 unspecified atom stereocenters. The van der Waals surface area contributed by atoms with E-state index in [9.17, 15) is 4.79 Å². The van der Waals surface area contributed by atoms with Crippen LogP contribution < -0.4 is 5.32 Å². The summed E-state index contributed by atoms with van der Waals surface area (Å²) >= 11 is 1.54. The zero-order valence-electron chi connectivity index (χ0n) is 16.7. The molecule has 1 N–H and O–H groups in total. The van der Waals surface area contributed by atoms with Gasteiger partial charge in [0.15, 0.2) is 0 Å². The van der Waals surface area contributed by atoms with Crippen molar-refractivity contribution in [2.24, 2.45) is 0 Å². The fourth-order valence-electron chi connectivity index (χ4n) is 3.54. The second-order valence-electron chi connectivity index (χ2n) is 7.12. The van der Waals surface area contributed by atoms with E-state index in [2.05, 4.69) is 25.9 Å². The van der Waals surface area contributed by atoms with Crippen molar-refractivity contribution < 1.29 is 9.53 Å². The summed E-state index contributed by atoms with van der Waals surface area (Å²) < 4.78 is 9.14. The number of fused-ring (bicyclic) bond motifs is 1. The molecule has 10 heteroatoms. The molecule has 5 rings (SSSR count). The average molecular weight is 433 g/mol. The summed E-state index contributed by atoms with van der Waals surface area (Å²) in [5.41, 5.74) is 3.21. The summed E-state index contributed by atoms with van der Waals surface area (Å²) in [7, 11) is 0.